The molecule has 2 aromatic rings. The molecular formula is C26H27F3N4O2. The molecule has 0 aliphatic carbocycles. The summed E-state index contributed by atoms with van der Waals surface area (Å²) in [5.74, 6) is -0.359. The molecule has 0 fully saturated rings. The van der Waals surface area contributed by atoms with E-state index in [1.165, 1.54) is 26.1 Å². The number of alkyl halides is 3. The van der Waals surface area contributed by atoms with Gasteiger partial charge >= 0.3 is 6.18 Å². The van der Waals surface area contributed by atoms with Gasteiger partial charge in [-0.05, 0) is 73.8 Å². The number of anilines is 1. The van der Waals surface area contributed by atoms with Crippen LogP contribution in [0.5, 0.6) is 0 Å². The molecule has 0 bridgehead atoms. The molecule has 1 aliphatic rings. The van der Waals surface area contributed by atoms with Crippen molar-refractivity contribution in [1.82, 2.24) is 10.4 Å². The molecule has 0 radical (unpaired) electrons. The molecule has 0 amide bonds. The Morgan fingerprint density at radius 2 is 1.97 bits per heavy atom. The molecule has 35 heavy (non-hydrogen) atoms. The number of allylic oxidation sites excluding steroid dienone is 1. The molecule has 0 aromatic heterocycles. The van der Waals surface area contributed by atoms with Gasteiger partial charge in [0.15, 0.2) is 5.78 Å². The molecular weight excluding hydrogens is 457 g/mol. The Morgan fingerprint density at radius 1 is 1.23 bits per heavy atom. The van der Waals surface area contributed by atoms with Crippen LogP contribution >= 0.6 is 0 Å². The van der Waals surface area contributed by atoms with Crippen LogP contribution in [0, 0.1) is 11.3 Å². The molecule has 9 heteroatoms. The van der Waals surface area contributed by atoms with Gasteiger partial charge in [0.25, 0.3) is 0 Å². The van der Waals surface area contributed by atoms with E-state index in [9.17, 15) is 28.4 Å². The minimum Gasteiger partial charge on any atom is -0.359 e. The van der Waals surface area contributed by atoms with Gasteiger partial charge in [-0.3, -0.25) is 4.79 Å². The van der Waals surface area contributed by atoms with Crippen molar-refractivity contribution in [1.29, 1.82) is 5.26 Å². The van der Waals surface area contributed by atoms with E-state index < -0.39 is 17.8 Å². The summed E-state index contributed by atoms with van der Waals surface area (Å²) in [7, 11) is 1.41. The molecule has 3 rings (SSSR count). The van der Waals surface area contributed by atoms with Crippen LogP contribution in [0.1, 0.15) is 48.6 Å². The van der Waals surface area contributed by atoms with Crippen LogP contribution < -0.4 is 10.6 Å². The number of nitrogens with one attached hydrogen (secondary N) is 2. The first-order valence-corrected chi connectivity index (χ1v) is 11.0. The number of hydrogen-bond donors (Lipinski definition) is 3. The molecule has 3 N–H and O–H groups in total. The fourth-order valence-electron chi connectivity index (χ4n) is 4.27. The van der Waals surface area contributed by atoms with E-state index in [4.69, 9.17) is 0 Å². The number of carbonyl (C=O) groups is 1. The number of Topliss-reactive ketones (excluding diaryl/α,β-unsaturated/α-hetero) is 1. The average Bonchev–Trinajstić information content (AvgIpc) is 2.81. The Labute approximate surface area is 202 Å². The highest BCUT2D eigenvalue weighted by Crippen LogP contribution is 2.37. The van der Waals surface area contributed by atoms with Crippen molar-refractivity contribution in [2.75, 3.05) is 25.5 Å². The van der Waals surface area contributed by atoms with Gasteiger partial charge in [-0.15, -0.1) is 0 Å². The Morgan fingerprint density at radius 3 is 2.54 bits per heavy atom. The summed E-state index contributed by atoms with van der Waals surface area (Å²) >= 11 is 0. The zero-order valence-electron chi connectivity index (χ0n) is 19.7. The summed E-state index contributed by atoms with van der Waals surface area (Å²) in [6.07, 6.45) is -1.81. The van der Waals surface area contributed by atoms with Gasteiger partial charge in [0, 0.05) is 30.5 Å². The van der Waals surface area contributed by atoms with Crippen molar-refractivity contribution in [3.8, 4) is 6.07 Å². The predicted molar refractivity (Wildman–Crippen MR) is 127 cm³/mol. The summed E-state index contributed by atoms with van der Waals surface area (Å²) < 4.78 is 39.5. The van der Waals surface area contributed by atoms with Gasteiger partial charge < -0.3 is 15.8 Å². The first-order chi connectivity index (χ1) is 16.5. The van der Waals surface area contributed by atoms with Crippen LogP contribution in [0.2, 0.25) is 0 Å². The first kappa shape index (κ1) is 26.2. The third kappa shape index (κ3) is 6.17. The highest BCUT2D eigenvalue weighted by Gasteiger charge is 2.31. The number of carbonyl (C=O) groups excluding carboxylic acids is 1. The van der Waals surface area contributed by atoms with E-state index in [0.717, 1.165) is 34.9 Å². The molecule has 6 nitrogen and oxygen atoms in total. The number of benzene rings is 2. The molecule has 1 heterocycles. The normalized spacial score (nSPS) is 15.7. The van der Waals surface area contributed by atoms with Crippen molar-refractivity contribution >= 4 is 17.0 Å². The van der Waals surface area contributed by atoms with Crippen LogP contribution in [0.25, 0.3) is 5.57 Å². The first-order valence-electron chi connectivity index (χ1n) is 11.0. The molecule has 184 valence electrons. The largest absolute Gasteiger partial charge is 0.416 e. The lowest BCUT2D eigenvalue weighted by Crippen LogP contribution is -2.29. The lowest BCUT2D eigenvalue weighted by molar-refractivity contribution is -0.137. The average molecular weight is 485 g/mol. The quantitative estimate of drug-likeness (QED) is 0.366. The number of rotatable bonds is 7. The van der Waals surface area contributed by atoms with Crippen LogP contribution in [-0.2, 0) is 11.0 Å². The molecule has 1 unspecified atom stereocenters. The standard InChI is InChI=1S/C26H27F3N4O2/c1-16(32-21-6-4-5-20(14-21)26(27,28)29)24(17(2)34)25(33(3)35)22-8-7-18(15-30)13-23(22)19-9-11-31-12-10-19/h4-9,13-14,25,31-32,35H,10-12H2,1-3H3/b24-16-. The maximum absolute atomic E-state index is 13.2. The molecule has 2 aromatic carbocycles. The van der Waals surface area contributed by atoms with Gasteiger partial charge in [-0.2, -0.15) is 23.5 Å². The summed E-state index contributed by atoms with van der Waals surface area (Å²) in [4.78, 5) is 12.8. The van der Waals surface area contributed by atoms with E-state index in [1.807, 2.05) is 6.08 Å². The Hall–Kier alpha value is -3.45. The second-order valence-electron chi connectivity index (χ2n) is 8.37. The molecule has 0 saturated carbocycles. The Bertz CT molecular complexity index is 1210. The number of ketones is 1. The van der Waals surface area contributed by atoms with Crippen LogP contribution in [-0.4, -0.2) is 36.2 Å². The number of hydrogen-bond acceptors (Lipinski definition) is 6. The van der Waals surface area contributed by atoms with Crippen molar-refractivity contribution in [2.45, 2.75) is 32.5 Å². The second-order valence-corrected chi connectivity index (χ2v) is 8.37. The fourth-order valence-corrected chi connectivity index (χ4v) is 4.27. The third-order valence-electron chi connectivity index (χ3n) is 5.84. The highest BCUT2D eigenvalue weighted by molar-refractivity contribution is 5.96. The smallest absolute Gasteiger partial charge is 0.359 e. The molecule has 0 spiro atoms. The zero-order chi connectivity index (χ0) is 25.8. The molecule has 0 saturated heterocycles. The molecule has 1 aliphatic heterocycles. The number of nitriles is 1. The minimum atomic E-state index is -4.51. The highest BCUT2D eigenvalue weighted by atomic mass is 19.4. The van der Waals surface area contributed by atoms with Gasteiger partial charge in [-0.25, -0.2) is 0 Å². The summed E-state index contributed by atoms with van der Waals surface area (Å²) in [6, 6.07) is 10.9. The summed E-state index contributed by atoms with van der Waals surface area (Å²) in [5.41, 5.74) is 2.60. The summed E-state index contributed by atoms with van der Waals surface area (Å²) in [6.45, 7) is 4.32. The van der Waals surface area contributed by atoms with E-state index in [1.54, 1.807) is 25.1 Å². The second kappa shape index (κ2) is 10.9. The van der Waals surface area contributed by atoms with Crippen molar-refractivity contribution in [2.24, 2.45) is 0 Å². The van der Waals surface area contributed by atoms with E-state index in [0.29, 0.717) is 29.8 Å². The minimum absolute atomic E-state index is 0.163. The molecule has 1 atom stereocenters. The van der Waals surface area contributed by atoms with E-state index in [2.05, 4.69) is 16.7 Å². The van der Waals surface area contributed by atoms with Gasteiger partial charge in [0.05, 0.1) is 23.2 Å². The van der Waals surface area contributed by atoms with Crippen molar-refractivity contribution in [3.63, 3.8) is 0 Å². The van der Waals surface area contributed by atoms with E-state index >= 15 is 0 Å². The topological polar surface area (TPSA) is 88.4 Å². The predicted octanol–water partition coefficient (Wildman–Crippen LogP) is 5.29. The number of hydroxylamine groups is 2. The number of nitrogens with zero attached hydrogens (tertiary/aromatic N) is 2. The third-order valence-corrected chi connectivity index (χ3v) is 5.84. The van der Waals surface area contributed by atoms with Gasteiger partial charge in [0.2, 0.25) is 0 Å². The zero-order valence-corrected chi connectivity index (χ0v) is 19.7. The fraction of sp³-hybridized carbons (Fsp3) is 0.308. The van der Waals surface area contributed by atoms with Crippen LogP contribution in [0.3, 0.4) is 0 Å². The maximum Gasteiger partial charge on any atom is 0.416 e. The lowest BCUT2D eigenvalue weighted by atomic mass is 9.86. The van der Waals surface area contributed by atoms with Crippen molar-refractivity contribution < 1.29 is 23.2 Å². The Kier molecular flexibility index (Phi) is 8.12. The van der Waals surface area contributed by atoms with Crippen LogP contribution in [0.4, 0.5) is 18.9 Å². The van der Waals surface area contributed by atoms with Gasteiger partial charge in [0.1, 0.15) is 0 Å². The Balaban J connectivity index is 2.14. The monoisotopic (exact) mass is 484 g/mol. The lowest BCUT2D eigenvalue weighted by Gasteiger charge is -2.30. The number of halogens is 3. The van der Waals surface area contributed by atoms with Gasteiger partial charge in [-0.1, -0.05) is 18.2 Å². The maximum atomic E-state index is 13.2. The van der Waals surface area contributed by atoms with E-state index in [-0.39, 0.29) is 17.0 Å². The summed E-state index contributed by atoms with van der Waals surface area (Å²) in [5, 5.41) is 27.1. The van der Waals surface area contributed by atoms with Crippen LogP contribution in [0.15, 0.2) is 59.8 Å². The number of likely N-dealkylation sites (N-methyl/N-ethyl adjacent to an activating group) is 1. The SMILES string of the molecule is CC(=O)/C(=C(\C)Nc1cccc(C(F)(F)F)c1)C(c1ccc(C#N)cc1C1=CCNCC1)N(C)O. The van der Waals surface area contributed by atoms with Crippen molar-refractivity contribution in [3.05, 3.63) is 82.1 Å².